The number of ether oxygens (including phenoxy) is 1. The molecule has 2 rings (SSSR count). The zero-order chi connectivity index (χ0) is 15.1. The Balaban J connectivity index is 2.17. The summed E-state index contributed by atoms with van der Waals surface area (Å²) in [6.45, 7) is 8.50. The summed E-state index contributed by atoms with van der Waals surface area (Å²) in [6, 6.07) is 8.96. The van der Waals surface area contributed by atoms with Crippen LogP contribution in [0.25, 0.3) is 0 Å². The molecule has 1 heterocycles. The van der Waals surface area contributed by atoms with Crippen molar-refractivity contribution in [1.29, 1.82) is 5.26 Å². The molecule has 0 spiro atoms. The molecule has 1 atom stereocenters. The first-order valence-electron chi connectivity index (χ1n) is 7.88. The van der Waals surface area contributed by atoms with E-state index in [9.17, 15) is 5.26 Å². The molecule has 114 valence electrons. The molecule has 1 aromatic rings. The minimum Gasteiger partial charge on any atom is -0.377 e. The van der Waals surface area contributed by atoms with Gasteiger partial charge in [-0.15, -0.1) is 0 Å². The molecule has 1 aliphatic rings. The number of benzene rings is 1. The van der Waals surface area contributed by atoms with Crippen LogP contribution in [-0.2, 0) is 11.3 Å². The summed E-state index contributed by atoms with van der Waals surface area (Å²) < 4.78 is 5.55. The Hall–Kier alpha value is -1.57. The van der Waals surface area contributed by atoms with E-state index < -0.39 is 0 Å². The van der Waals surface area contributed by atoms with Crippen LogP contribution in [0.15, 0.2) is 18.2 Å². The van der Waals surface area contributed by atoms with Crippen molar-refractivity contribution in [3.8, 4) is 6.07 Å². The van der Waals surface area contributed by atoms with E-state index in [1.54, 1.807) is 0 Å². The van der Waals surface area contributed by atoms with Crippen LogP contribution in [-0.4, -0.2) is 32.3 Å². The van der Waals surface area contributed by atoms with Crippen LogP contribution in [0.1, 0.15) is 37.8 Å². The highest BCUT2D eigenvalue weighted by molar-refractivity contribution is 5.61. The predicted molar refractivity (Wildman–Crippen MR) is 85.4 cm³/mol. The van der Waals surface area contributed by atoms with Gasteiger partial charge in [-0.2, -0.15) is 5.26 Å². The zero-order valence-electron chi connectivity index (χ0n) is 13.1. The number of rotatable bonds is 6. The molecule has 21 heavy (non-hydrogen) atoms. The molecule has 0 amide bonds. The maximum absolute atomic E-state index is 9.48. The highest BCUT2D eigenvalue weighted by Crippen LogP contribution is 2.26. The number of nitrogens with zero attached hydrogens (tertiary/aromatic N) is 2. The van der Waals surface area contributed by atoms with Crippen molar-refractivity contribution in [2.45, 2.75) is 39.3 Å². The van der Waals surface area contributed by atoms with Crippen molar-refractivity contribution >= 4 is 5.69 Å². The Morgan fingerprint density at radius 3 is 3.00 bits per heavy atom. The SMILES string of the molecule is CCCNCc1ccc(N2CCOCC2CC)c(C#N)c1. The zero-order valence-corrected chi connectivity index (χ0v) is 13.1. The average Bonchev–Trinajstić information content (AvgIpc) is 2.55. The number of nitrogens with one attached hydrogen (secondary N) is 1. The number of morpholine rings is 1. The Morgan fingerprint density at radius 1 is 1.43 bits per heavy atom. The number of hydrogen-bond acceptors (Lipinski definition) is 4. The van der Waals surface area contributed by atoms with E-state index in [0.717, 1.165) is 56.9 Å². The topological polar surface area (TPSA) is 48.3 Å². The monoisotopic (exact) mass is 287 g/mol. The van der Waals surface area contributed by atoms with Gasteiger partial charge in [0.05, 0.1) is 30.5 Å². The van der Waals surface area contributed by atoms with Crippen LogP contribution in [0.4, 0.5) is 5.69 Å². The second-order valence-electron chi connectivity index (χ2n) is 5.47. The summed E-state index contributed by atoms with van der Waals surface area (Å²) in [4.78, 5) is 2.32. The van der Waals surface area contributed by atoms with E-state index in [-0.39, 0.29) is 0 Å². The smallest absolute Gasteiger partial charge is 0.101 e. The second-order valence-corrected chi connectivity index (χ2v) is 5.47. The molecule has 0 saturated carbocycles. The molecule has 1 saturated heterocycles. The van der Waals surface area contributed by atoms with Crippen molar-refractivity contribution in [3.63, 3.8) is 0 Å². The third kappa shape index (κ3) is 3.96. The molecule has 0 aliphatic carbocycles. The van der Waals surface area contributed by atoms with Gasteiger partial charge in [-0.1, -0.05) is 19.9 Å². The quantitative estimate of drug-likeness (QED) is 0.817. The van der Waals surface area contributed by atoms with E-state index in [2.05, 4.69) is 42.3 Å². The lowest BCUT2D eigenvalue weighted by Crippen LogP contribution is -2.45. The molecule has 0 bridgehead atoms. The molecule has 1 aliphatic heterocycles. The standard InChI is InChI=1S/C17H25N3O/c1-3-7-19-12-14-5-6-17(15(10-14)11-18)20-8-9-21-13-16(20)4-2/h5-6,10,16,19H,3-4,7-9,12-13H2,1-2H3. The summed E-state index contributed by atoms with van der Waals surface area (Å²) in [6.07, 6.45) is 2.15. The summed E-state index contributed by atoms with van der Waals surface area (Å²) in [5.74, 6) is 0. The number of anilines is 1. The van der Waals surface area contributed by atoms with Gasteiger partial charge in [0, 0.05) is 13.1 Å². The van der Waals surface area contributed by atoms with Crippen molar-refractivity contribution in [1.82, 2.24) is 5.32 Å². The lowest BCUT2D eigenvalue weighted by molar-refractivity contribution is 0.0930. The maximum Gasteiger partial charge on any atom is 0.101 e. The minimum absolute atomic E-state index is 0.370. The van der Waals surface area contributed by atoms with Gasteiger partial charge in [0.25, 0.3) is 0 Å². The van der Waals surface area contributed by atoms with Crippen molar-refractivity contribution in [3.05, 3.63) is 29.3 Å². The normalized spacial score (nSPS) is 18.5. The first-order chi connectivity index (χ1) is 10.3. The largest absolute Gasteiger partial charge is 0.377 e. The van der Waals surface area contributed by atoms with Crippen molar-refractivity contribution in [2.75, 3.05) is 31.2 Å². The summed E-state index contributed by atoms with van der Waals surface area (Å²) in [5, 5.41) is 12.9. The van der Waals surface area contributed by atoms with Crippen LogP contribution >= 0.6 is 0 Å². The van der Waals surface area contributed by atoms with Crippen molar-refractivity contribution < 1.29 is 4.74 Å². The third-order valence-corrected chi connectivity index (χ3v) is 3.95. The Kier molecular flexibility index (Phi) is 6.04. The third-order valence-electron chi connectivity index (χ3n) is 3.95. The summed E-state index contributed by atoms with van der Waals surface area (Å²) in [5.41, 5.74) is 2.99. The molecule has 4 nitrogen and oxygen atoms in total. The highest BCUT2D eigenvalue weighted by atomic mass is 16.5. The molecule has 1 N–H and O–H groups in total. The lowest BCUT2D eigenvalue weighted by atomic mass is 10.0. The molecule has 0 aromatic heterocycles. The second kappa shape index (κ2) is 8.02. The van der Waals surface area contributed by atoms with E-state index >= 15 is 0 Å². The van der Waals surface area contributed by atoms with Gasteiger partial charge >= 0.3 is 0 Å². The molecule has 1 aromatic carbocycles. The van der Waals surface area contributed by atoms with Gasteiger partial charge in [-0.05, 0) is 37.1 Å². The molecule has 1 fully saturated rings. The number of hydrogen-bond donors (Lipinski definition) is 1. The predicted octanol–water partition coefficient (Wildman–Crippen LogP) is 2.67. The molecule has 0 radical (unpaired) electrons. The fraction of sp³-hybridized carbons (Fsp3) is 0.588. The molecular weight excluding hydrogens is 262 g/mol. The first kappa shape index (κ1) is 15.8. The van der Waals surface area contributed by atoms with Crippen LogP contribution in [0.3, 0.4) is 0 Å². The van der Waals surface area contributed by atoms with Gasteiger partial charge in [0.15, 0.2) is 0 Å². The van der Waals surface area contributed by atoms with Gasteiger partial charge in [-0.25, -0.2) is 0 Å². The fourth-order valence-corrected chi connectivity index (χ4v) is 2.75. The Bertz CT molecular complexity index is 495. The molecule has 4 heteroatoms. The first-order valence-corrected chi connectivity index (χ1v) is 7.88. The average molecular weight is 287 g/mol. The number of nitriles is 1. The van der Waals surface area contributed by atoms with Gasteiger partial charge in [-0.3, -0.25) is 0 Å². The summed E-state index contributed by atoms with van der Waals surface area (Å²) in [7, 11) is 0. The Morgan fingerprint density at radius 2 is 2.29 bits per heavy atom. The minimum atomic E-state index is 0.370. The van der Waals surface area contributed by atoms with Gasteiger partial charge < -0.3 is 15.0 Å². The van der Waals surface area contributed by atoms with E-state index in [4.69, 9.17) is 4.74 Å². The van der Waals surface area contributed by atoms with Crippen LogP contribution < -0.4 is 10.2 Å². The Labute approximate surface area is 127 Å². The lowest BCUT2D eigenvalue weighted by Gasteiger charge is -2.37. The highest BCUT2D eigenvalue weighted by Gasteiger charge is 2.23. The van der Waals surface area contributed by atoms with E-state index in [1.165, 1.54) is 5.56 Å². The van der Waals surface area contributed by atoms with E-state index in [0.29, 0.717) is 6.04 Å². The fourth-order valence-electron chi connectivity index (χ4n) is 2.75. The maximum atomic E-state index is 9.48. The van der Waals surface area contributed by atoms with E-state index in [1.807, 2.05) is 6.07 Å². The van der Waals surface area contributed by atoms with Gasteiger partial charge in [0.1, 0.15) is 6.07 Å². The van der Waals surface area contributed by atoms with Crippen LogP contribution in [0, 0.1) is 11.3 Å². The van der Waals surface area contributed by atoms with Crippen LogP contribution in [0.5, 0.6) is 0 Å². The van der Waals surface area contributed by atoms with Gasteiger partial charge in [0.2, 0.25) is 0 Å². The molecular formula is C17H25N3O. The molecule has 1 unspecified atom stereocenters. The summed E-state index contributed by atoms with van der Waals surface area (Å²) >= 11 is 0. The van der Waals surface area contributed by atoms with Crippen LogP contribution in [0.2, 0.25) is 0 Å². The van der Waals surface area contributed by atoms with Crippen molar-refractivity contribution in [2.24, 2.45) is 0 Å².